The lowest BCUT2D eigenvalue weighted by atomic mass is 9.75. The number of halogens is 2. The number of fused-ring (bicyclic) bond motifs is 1. The van der Waals surface area contributed by atoms with Crippen LogP contribution in [0.1, 0.15) is 41.4 Å². The number of hydrogen-bond acceptors (Lipinski definition) is 6. The van der Waals surface area contributed by atoms with Gasteiger partial charge in [-0.1, -0.05) is 47.5 Å². The van der Waals surface area contributed by atoms with Gasteiger partial charge in [-0.15, -0.1) is 0 Å². The number of aliphatic hydroxyl groups is 3. The van der Waals surface area contributed by atoms with Gasteiger partial charge in [0.05, 0.1) is 24.3 Å². The van der Waals surface area contributed by atoms with Crippen molar-refractivity contribution in [2.45, 2.75) is 43.9 Å². The van der Waals surface area contributed by atoms with Crippen molar-refractivity contribution < 1.29 is 25.0 Å². The highest BCUT2D eigenvalue weighted by molar-refractivity contribution is 6.30. The first-order valence-electron chi connectivity index (χ1n) is 12.2. The summed E-state index contributed by atoms with van der Waals surface area (Å²) in [5.41, 5.74) is 0.975. The Kier molecular flexibility index (Phi) is 7.04. The van der Waals surface area contributed by atoms with E-state index in [9.17, 15) is 20.1 Å². The van der Waals surface area contributed by atoms with Gasteiger partial charge < -0.3 is 15.3 Å². The van der Waals surface area contributed by atoms with Crippen LogP contribution in [0.3, 0.4) is 0 Å². The molecule has 5 rings (SSSR count). The molecule has 0 saturated heterocycles. The van der Waals surface area contributed by atoms with Crippen molar-refractivity contribution in [3.63, 3.8) is 0 Å². The van der Waals surface area contributed by atoms with Crippen LogP contribution in [0.4, 0.5) is 0 Å². The van der Waals surface area contributed by atoms with Crippen LogP contribution in [0.2, 0.25) is 10.0 Å². The Morgan fingerprint density at radius 2 is 1.70 bits per heavy atom. The van der Waals surface area contributed by atoms with Crippen LogP contribution in [0.25, 0.3) is 11.1 Å². The van der Waals surface area contributed by atoms with Crippen LogP contribution in [0, 0.1) is 5.41 Å². The van der Waals surface area contributed by atoms with Crippen molar-refractivity contribution >= 4 is 29.1 Å². The maximum absolute atomic E-state index is 13.9. The van der Waals surface area contributed by atoms with Gasteiger partial charge in [-0.05, 0) is 61.2 Å². The molecule has 7 nitrogen and oxygen atoms in total. The summed E-state index contributed by atoms with van der Waals surface area (Å²) < 4.78 is 0. The molecule has 3 atom stereocenters. The lowest BCUT2D eigenvalue weighted by Gasteiger charge is -2.43. The molecule has 2 aromatic carbocycles. The van der Waals surface area contributed by atoms with E-state index in [2.05, 4.69) is 4.98 Å². The second kappa shape index (κ2) is 9.98. The van der Waals surface area contributed by atoms with Crippen LogP contribution in [-0.4, -0.2) is 56.7 Å². The normalized spacial score (nSPS) is 21.6. The molecular formula is C28H28Cl2N2O5. The Hall–Kier alpha value is -2.52. The highest BCUT2D eigenvalue weighted by Gasteiger charge is 2.59. The number of rotatable bonds is 9. The Bertz CT molecular complexity index is 1290. The quantitative estimate of drug-likeness (QED) is 0.370. The molecule has 1 aliphatic carbocycles. The lowest BCUT2D eigenvalue weighted by Crippen LogP contribution is -2.57. The number of amides is 1. The Morgan fingerprint density at radius 1 is 1.03 bits per heavy atom. The van der Waals surface area contributed by atoms with E-state index < -0.39 is 29.1 Å². The number of hydroxylamine groups is 2. The number of aliphatic hydroxyl groups excluding tert-OH is 3. The minimum absolute atomic E-state index is 0.0473. The Morgan fingerprint density at radius 3 is 2.30 bits per heavy atom. The van der Waals surface area contributed by atoms with Crippen LogP contribution >= 0.6 is 23.2 Å². The molecule has 1 aliphatic heterocycles. The molecule has 1 amide bonds. The topological polar surface area (TPSA) is 103 Å². The molecule has 2 aliphatic rings. The fourth-order valence-corrected chi connectivity index (χ4v) is 5.32. The summed E-state index contributed by atoms with van der Waals surface area (Å²) in [5, 5.41) is 34.5. The highest BCUT2D eigenvalue weighted by Crippen LogP contribution is 2.51. The first kappa shape index (κ1) is 26.1. The molecule has 0 bridgehead atoms. The predicted molar refractivity (Wildman–Crippen MR) is 140 cm³/mol. The Labute approximate surface area is 225 Å². The minimum Gasteiger partial charge on any atom is -0.396 e. The van der Waals surface area contributed by atoms with E-state index in [1.165, 1.54) is 18.2 Å². The van der Waals surface area contributed by atoms with Gasteiger partial charge >= 0.3 is 0 Å². The maximum atomic E-state index is 13.9. The summed E-state index contributed by atoms with van der Waals surface area (Å²) in [6.07, 6.45) is 0.443. The average molecular weight is 543 g/mol. The molecule has 3 N–H and O–H groups in total. The van der Waals surface area contributed by atoms with Gasteiger partial charge in [-0.3, -0.25) is 14.6 Å². The number of benzene rings is 2. The summed E-state index contributed by atoms with van der Waals surface area (Å²) in [6, 6.07) is 16.0. The second-order valence-electron chi connectivity index (χ2n) is 10.0. The van der Waals surface area contributed by atoms with Gasteiger partial charge in [-0.25, -0.2) is 5.06 Å². The first-order chi connectivity index (χ1) is 17.7. The van der Waals surface area contributed by atoms with Crippen LogP contribution in [-0.2, 0) is 16.8 Å². The molecule has 2 unspecified atom stereocenters. The molecule has 194 valence electrons. The number of carbonyl (C=O) groups excluding carboxylic acids is 1. The lowest BCUT2D eigenvalue weighted by molar-refractivity contribution is -0.231. The second-order valence-corrected chi connectivity index (χ2v) is 10.9. The van der Waals surface area contributed by atoms with Gasteiger partial charge in [0, 0.05) is 39.9 Å². The highest BCUT2D eigenvalue weighted by atomic mass is 35.5. The van der Waals surface area contributed by atoms with Crippen LogP contribution in [0.5, 0.6) is 0 Å². The third-order valence-electron chi connectivity index (χ3n) is 7.41. The molecule has 37 heavy (non-hydrogen) atoms. The molecule has 1 fully saturated rings. The fraction of sp³-hybridized carbons (Fsp3) is 0.357. The number of aromatic nitrogens is 1. The summed E-state index contributed by atoms with van der Waals surface area (Å²) in [4.78, 5) is 24.6. The van der Waals surface area contributed by atoms with E-state index in [0.717, 1.165) is 18.4 Å². The SMILES string of the molecule is CC(O)C(O)[C@@]1(Cc2ccc(Cl)cn2)c2c(cccc2-c2ccc(Cl)cc2)C(=O)N1OCC1(CO)CC1. The summed E-state index contributed by atoms with van der Waals surface area (Å²) in [6.45, 7) is 1.51. The van der Waals surface area contributed by atoms with E-state index >= 15 is 0 Å². The zero-order valence-corrected chi connectivity index (χ0v) is 21.8. The first-order valence-corrected chi connectivity index (χ1v) is 12.9. The van der Waals surface area contributed by atoms with Crippen molar-refractivity contribution in [1.29, 1.82) is 0 Å². The van der Waals surface area contributed by atoms with Crippen molar-refractivity contribution in [3.8, 4) is 11.1 Å². The number of nitrogens with zero attached hydrogens (tertiary/aromatic N) is 2. The van der Waals surface area contributed by atoms with Crippen LogP contribution < -0.4 is 0 Å². The average Bonchev–Trinajstić information content (AvgIpc) is 3.64. The van der Waals surface area contributed by atoms with Gasteiger partial charge in [0.25, 0.3) is 5.91 Å². The van der Waals surface area contributed by atoms with Gasteiger partial charge in [0.15, 0.2) is 0 Å². The van der Waals surface area contributed by atoms with Crippen molar-refractivity contribution in [1.82, 2.24) is 10.0 Å². The number of carbonyl (C=O) groups is 1. The predicted octanol–water partition coefficient (Wildman–Crippen LogP) is 4.40. The molecule has 0 spiro atoms. The van der Waals surface area contributed by atoms with Crippen molar-refractivity contribution in [3.05, 3.63) is 87.7 Å². The molecular weight excluding hydrogens is 515 g/mol. The molecule has 2 heterocycles. The smallest absolute Gasteiger partial charge is 0.278 e. The summed E-state index contributed by atoms with van der Waals surface area (Å²) in [5.74, 6) is -0.437. The third-order valence-corrected chi connectivity index (χ3v) is 7.88. The van der Waals surface area contributed by atoms with E-state index in [4.69, 9.17) is 28.0 Å². The Balaban J connectivity index is 1.73. The minimum atomic E-state index is -1.52. The summed E-state index contributed by atoms with van der Waals surface area (Å²) in [7, 11) is 0. The number of hydrogen-bond donors (Lipinski definition) is 3. The van der Waals surface area contributed by atoms with Gasteiger partial charge in [0.2, 0.25) is 0 Å². The number of pyridine rings is 1. The molecule has 9 heteroatoms. The monoisotopic (exact) mass is 542 g/mol. The van der Waals surface area contributed by atoms with E-state index in [1.54, 1.807) is 36.4 Å². The van der Waals surface area contributed by atoms with E-state index in [-0.39, 0.29) is 19.6 Å². The molecule has 1 saturated carbocycles. The zero-order chi connectivity index (χ0) is 26.4. The largest absolute Gasteiger partial charge is 0.396 e. The molecule has 3 aromatic rings. The third kappa shape index (κ3) is 4.65. The van der Waals surface area contributed by atoms with E-state index in [0.29, 0.717) is 32.4 Å². The van der Waals surface area contributed by atoms with Crippen molar-refractivity contribution in [2.75, 3.05) is 13.2 Å². The zero-order valence-electron chi connectivity index (χ0n) is 20.3. The maximum Gasteiger partial charge on any atom is 0.278 e. The standard InChI is InChI=1S/C28H28Cl2N2O5/c1-17(34)25(35)28(13-21-10-9-20(30)14-31-21)24-22(18-5-7-19(29)8-6-18)3-2-4-23(24)26(36)32(28)37-16-27(15-33)11-12-27/h2-10,14,17,25,33-35H,11-13,15-16H2,1H3/t17?,25?,28-/m1/s1. The fourth-order valence-electron chi connectivity index (χ4n) is 5.08. The van der Waals surface area contributed by atoms with Crippen molar-refractivity contribution in [2.24, 2.45) is 5.41 Å². The molecule has 0 radical (unpaired) electrons. The van der Waals surface area contributed by atoms with Crippen LogP contribution in [0.15, 0.2) is 60.8 Å². The van der Waals surface area contributed by atoms with Gasteiger partial charge in [-0.2, -0.15) is 0 Å². The summed E-state index contributed by atoms with van der Waals surface area (Å²) >= 11 is 12.2. The van der Waals surface area contributed by atoms with E-state index in [1.807, 2.05) is 18.2 Å². The van der Waals surface area contributed by atoms with Gasteiger partial charge in [0.1, 0.15) is 11.6 Å². The molecule has 1 aromatic heterocycles.